The smallest absolute Gasteiger partial charge is 0.262 e. The Kier molecular flexibility index (Phi) is 9.08. The number of ether oxygens (including phenoxy) is 1. The Hall–Kier alpha value is -3.22. The second kappa shape index (κ2) is 12.3. The topological polar surface area (TPSA) is 108 Å². The quantitative estimate of drug-likeness (QED) is 0.398. The summed E-state index contributed by atoms with van der Waals surface area (Å²) in [7, 11) is 3.01. The molecule has 2 aromatic heterocycles. The van der Waals surface area contributed by atoms with Crippen molar-refractivity contribution in [2.45, 2.75) is 45.3 Å². The normalized spacial score (nSPS) is 15.9. The monoisotopic (exact) mass is 561 g/mol. The highest BCUT2D eigenvalue weighted by Gasteiger charge is 2.35. The van der Waals surface area contributed by atoms with Crippen LogP contribution >= 0.6 is 11.3 Å². The number of nitrogens with zero attached hydrogens (tertiary/aromatic N) is 4. The highest BCUT2D eigenvalue weighted by molar-refractivity contribution is 7.18. The number of methoxy groups -OCH3 is 1. The number of fused-ring (bicyclic) bond motifs is 1. The molecule has 1 aromatic carbocycles. The lowest BCUT2D eigenvalue weighted by atomic mass is 9.94. The van der Waals surface area contributed by atoms with Gasteiger partial charge >= 0.3 is 0 Å². The van der Waals surface area contributed by atoms with Gasteiger partial charge in [-0.15, -0.1) is 0 Å². The summed E-state index contributed by atoms with van der Waals surface area (Å²) in [6.07, 6.45) is -0.593. The van der Waals surface area contributed by atoms with Crippen molar-refractivity contribution in [3.63, 3.8) is 0 Å². The number of hydrogen-bond acceptors (Lipinski definition) is 8. The van der Waals surface area contributed by atoms with Crippen LogP contribution in [0.15, 0.2) is 30.5 Å². The number of aliphatic hydroxyl groups excluding tert-OH is 1. The van der Waals surface area contributed by atoms with Crippen LogP contribution in [0.25, 0.3) is 10.3 Å². The van der Waals surface area contributed by atoms with Gasteiger partial charge in [0.1, 0.15) is 23.0 Å². The number of anilines is 2. The summed E-state index contributed by atoms with van der Waals surface area (Å²) in [6.45, 7) is 3.88. The molecule has 4 rings (SSSR count). The van der Waals surface area contributed by atoms with E-state index < -0.39 is 30.9 Å². The Balaban J connectivity index is 1.51. The number of halogens is 2. The number of likely N-dealkylation sites (tertiary alicyclic amines) is 1. The highest BCUT2D eigenvalue weighted by Crippen LogP contribution is 2.36. The lowest BCUT2D eigenvalue weighted by molar-refractivity contribution is -0.144. The number of pyridine rings is 1. The number of carbonyl (C=O) groups is 2. The fourth-order valence-corrected chi connectivity index (χ4v) is 5.76. The summed E-state index contributed by atoms with van der Waals surface area (Å²) in [5.41, 5.74) is 3.31. The van der Waals surface area contributed by atoms with Crippen molar-refractivity contribution in [1.29, 1.82) is 0 Å². The van der Waals surface area contributed by atoms with Crippen molar-refractivity contribution in [1.82, 2.24) is 19.8 Å². The maximum absolute atomic E-state index is 14.2. The fourth-order valence-electron chi connectivity index (χ4n) is 4.99. The minimum atomic E-state index is -2.79. The third-order valence-electron chi connectivity index (χ3n) is 7.20. The van der Waals surface area contributed by atoms with Crippen LogP contribution in [0.2, 0.25) is 0 Å². The molecule has 2 amide bonds. The van der Waals surface area contributed by atoms with Gasteiger partial charge in [-0.05, 0) is 44.4 Å². The summed E-state index contributed by atoms with van der Waals surface area (Å²) >= 11 is 1.50. The van der Waals surface area contributed by atoms with Crippen molar-refractivity contribution in [3.8, 4) is 0 Å². The van der Waals surface area contributed by atoms with Crippen LogP contribution in [0.1, 0.15) is 48.0 Å². The number of benzene rings is 1. The summed E-state index contributed by atoms with van der Waals surface area (Å²) in [4.78, 5) is 37.3. The van der Waals surface area contributed by atoms with Gasteiger partial charge in [0.2, 0.25) is 11.8 Å². The van der Waals surface area contributed by atoms with Crippen molar-refractivity contribution in [3.05, 3.63) is 46.6 Å². The van der Waals surface area contributed by atoms with E-state index in [4.69, 9.17) is 9.84 Å². The zero-order chi connectivity index (χ0) is 28.3. The first-order valence-corrected chi connectivity index (χ1v) is 13.6. The molecule has 210 valence electrons. The van der Waals surface area contributed by atoms with E-state index >= 15 is 0 Å². The predicted molar refractivity (Wildman–Crippen MR) is 145 cm³/mol. The molecular weight excluding hydrogens is 528 g/mol. The van der Waals surface area contributed by atoms with E-state index in [1.54, 1.807) is 37.6 Å². The molecule has 1 aliphatic rings. The molecule has 0 aliphatic carbocycles. The number of thiazole rings is 1. The van der Waals surface area contributed by atoms with E-state index in [1.807, 2.05) is 13.8 Å². The van der Waals surface area contributed by atoms with Crippen LogP contribution in [0, 0.1) is 12.8 Å². The number of alkyl halides is 2. The predicted octanol–water partition coefficient (Wildman–Crippen LogP) is 4.45. The largest absolute Gasteiger partial charge is 0.387 e. The standard InChI is InChI=1S/C27H33F2N5O4S/c1-15(38-4)22-20(13-30-26-23(22)31-16(2)39-26)32-19-7-5-17(6-8-19)24(25(28)29)33(3)27(37)18-9-11-34(12-10-18)21(36)14-35/h5-8,13,15,18,24-25,32,35H,9-12,14H2,1-4H3/t15-,24-/m0/s1. The molecule has 0 saturated carbocycles. The summed E-state index contributed by atoms with van der Waals surface area (Å²) in [5.74, 6) is -1.23. The first-order chi connectivity index (χ1) is 18.6. The van der Waals surface area contributed by atoms with Gasteiger partial charge in [0.05, 0.1) is 23.0 Å². The Morgan fingerprint density at radius 3 is 2.51 bits per heavy atom. The van der Waals surface area contributed by atoms with Crippen LogP contribution in [0.4, 0.5) is 20.2 Å². The lowest BCUT2D eigenvalue weighted by Crippen LogP contribution is -2.45. The van der Waals surface area contributed by atoms with E-state index in [2.05, 4.69) is 15.3 Å². The zero-order valence-corrected chi connectivity index (χ0v) is 23.2. The van der Waals surface area contributed by atoms with E-state index in [-0.39, 0.29) is 12.0 Å². The number of aromatic nitrogens is 2. The number of nitrogens with one attached hydrogen (secondary N) is 1. The van der Waals surface area contributed by atoms with Crippen LogP contribution in [0.5, 0.6) is 0 Å². The molecule has 0 unspecified atom stereocenters. The zero-order valence-electron chi connectivity index (χ0n) is 22.4. The van der Waals surface area contributed by atoms with Crippen molar-refractivity contribution >= 4 is 44.9 Å². The molecule has 9 nitrogen and oxygen atoms in total. The molecule has 0 spiro atoms. The molecule has 1 fully saturated rings. The third-order valence-corrected chi connectivity index (χ3v) is 8.08. The molecule has 0 radical (unpaired) electrons. The van der Waals surface area contributed by atoms with E-state index in [0.29, 0.717) is 42.9 Å². The van der Waals surface area contributed by atoms with Crippen LogP contribution in [0.3, 0.4) is 0 Å². The molecular formula is C27H33F2N5O4S. The van der Waals surface area contributed by atoms with Gasteiger partial charge < -0.3 is 25.0 Å². The number of amides is 2. The van der Waals surface area contributed by atoms with Crippen molar-refractivity contribution in [2.75, 3.05) is 39.2 Å². The van der Waals surface area contributed by atoms with Crippen LogP contribution in [-0.2, 0) is 14.3 Å². The fraction of sp³-hybridized carbons (Fsp3) is 0.481. The molecule has 3 aromatic rings. The molecule has 12 heteroatoms. The number of piperidine rings is 1. The lowest BCUT2D eigenvalue weighted by Gasteiger charge is -2.35. The number of hydrogen-bond donors (Lipinski definition) is 2. The molecule has 2 N–H and O–H groups in total. The van der Waals surface area contributed by atoms with Gasteiger partial charge in [0.25, 0.3) is 6.43 Å². The van der Waals surface area contributed by atoms with Gasteiger partial charge in [-0.25, -0.2) is 18.7 Å². The average molecular weight is 562 g/mol. The second-order valence-electron chi connectivity index (χ2n) is 9.64. The van der Waals surface area contributed by atoms with Gasteiger partial charge in [0.15, 0.2) is 0 Å². The highest BCUT2D eigenvalue weighted by atomic mass is 32.1. The Bertz CT molecular complexity index is 1310. The molecule has 39 heavy (non-hydrogen) atoms. The van der Waals surface area contributed by atoms with Crippen LogP contribution < -0.4 is 5.32 Å². The molecule has 2 atom stereocenters. The number of rotatable bonds is 9. The number of carbonyl (C=O) groups excluding carboxylic acids is 2. The molecule has 1 saturated heterocycles. The SMILES string of the molecule is CO[C@@H](C)c1c(Nc2ccc([C@@H](C(F)F)N(C)C(=O)C3CCN(C(=O)CO)CC3)cc2)cnc2sc(C)nc12. The number of aliphatic hydroxyl groups is 1. The van der Waals surface area contributed by atoms with Gasteiger partial charge in [-0.2, -0.15) is 0 Å². The van der Waals surface area contributed by atoms with E-state index in [1.165, 1.54) is 23.3 Å². The van der Waals surface area contributed by atoms with Gasteiger partial charge in [-0.1, -0.05) is 23.5 Å². The van der Waals surface area contributed by atoms with E-state index in [9.17, 15) is 18.4 Å². The average Bonchev–Trinajstić information content (AvgIpc) is 3.32. The Labute approximate surface area is 229 Å². The molecule has 0 bridgehead atoms. The van der Waals surface area contributed by atoms with Crippen molar-refractivity contribution < 1.29 is 28.2 Å². The van der Waals surface area contributed by atoms with Gasteiger partial charge in [0, 0.05) is 44.4 Å². The Morgan fingerprint density at radius 2 is 1.92 bits per heavy atom. The maximum Gasteiger partial charge on any atom is 0.262 e. The van der Waals surface area contributed by atoms with Crippen LogP contribution in [-0.4, -0.2) is 77.0 Å². The second-order valence-corrected chi connectivity index (χ2v) is 10.8. The summed E-state index contributed by atoms with van der Waals surface area (Å²) < 4.78 is 34.0. The maximum atomic E-state index is 14.2. The molecule has 3 heterocycles. The first kappa shape index (κ1) is 28.8. The number of aryl methyl sites for hydroxylation is 1. The van der Waals surface area contributed by atoms with Crippen molar-refractivity contribution in [2.24, 2.45) is 5.92 Å². The molecule has 1 aliphatic heterocycles. The van der Waals surface area contributed by atoms with Gasteiger partial charge in [-0.3, -0.25) is 9.59 Å². The Morgan fingerprint density at radius 1 is 1.26 bits per heavy atom. The summed E-state index contributed by atoms with van der Waals surface area (Å²) in [6, 6.07) is 5.15. The summed E-state index contributed by atoms with van der Waals surface area (Å²) in [5, 5.41) is 13.2. The minimum absolute atomic E-state index is 0.254. The third kappa shape index (κ3) is 6.18. The minimum Gasteiger partial charge on any atom is -0.387 e. The first-order valence-electron chi connectivity index (χ1n) is 12.7. The van der Waals surface area contributed by atoms with E-state index in [0.717, 1.165) is 25.8 Å².